The van der Waals surface area contributed by atoms with E-state index in [9.17, 15) is 19.7 Å². The Morgan fingerprint density at radius 2 is 1.74 bits per heavy atom. The van der Waals surface area contributed by atoms with Crippen LogP contribution in [0, 0.1) is 10.1 Å². The number of carbonyl (C=O) groups excluding carboxylic acids is 2. The first-order valence-corrected chi connectivity index (χ1v) is 5.70. The Labute approximate surface area is 118 Å². The van der Waals surface area contributed by atoms with Crippen molar-refractivity contribution >= 4 is 45.1 Å². The number of allylic oxidation sites excluding steroid dienone is 1. The lowest BCUT2D eigenvalue weighted by atomic mass is 10.1. The molecule has 100 valence electrons. The number of nitro benzene ring substituents is 1. The molecule has 0 atom stereocenters. The molecule has 1 N–H and O–H groups in total. The molecule has 0 heterocycles. The number of hydrogen-bond acceptors (Lipinski definition) is 4. The van der Waals surface area contributed by atoms with Gasteiger partial charge in [0.05, 0.1) is 9.96 Å². The first-order valence-electron chi connectivity index (χ1n) is 4.95. The maximum atomic E-state index is 11.2. The van der Waals surface area contributed by atoms with Crippen LogP contribution in [-0.2, 0) is 9.59 Å². The van der Waals surface area contributed by atoms with Crippen LogP contribution in [0.25, 0.3) is 5.03 Å². The van der Waals surface area contributed by atoms with Gasteiger partial charge in [-0.05, 0) is 29.3 Å². The summed E-state index contributed by atoms with van der Waals surface area (Å²) < 4.78 is 0. The molecule has 0 aliphatic rings. The van der Waals surface area contributed by atoms with Gasteiger partial charge in [-0.1, -0.05) is 11.6 Å². The second-order valence-electron chi connectivity index (χ2n) is 3.45. The monoisotopic (exact) mass is 302 g/mol. The Kier molecular flexibility index (Phi) is 5.02. The summed E-state index contributed by atoms with van der Waals surface area (Å²) in [5, 5.41) is 11.7. The Morgan fingerprint density at radius 1 is 1.21 bits per heavy atom. The molecular formula is C11H8Cl2N2O4. The normalized spacial score (nSPS) is 11.5. The van der Waals surface area contributed by atoms with E-state index in [1.807, 2.05) is 0 Å². The molecule has 1 rings (SSSR count). The van der Waals surface area contributed by atoms with E-state index >= 15 is 0 Å². The Hall–Kier alpha value is -1.92. The topological polar surface area (TPSA) is 89.3 Å². The average Bonchev–Trinajstić information content (AvgIpc) is 2.34. The third-order valence-electron chi connectivity index (χ3n) is 2.05. The van der Waals surface area contributed by atoms with Crippen molar-refractivity contribution in [2.24, 2.45) is 0 Å². The lowest BCUT2D eigenvalue weighted by Crippen LogP contribution is -2.23. The molecule has 0 radical (unpaired) electrons. The molecule has 0 aliphatic carbocycles. The van der Waals surface area contributed by atoms with Crippen LogP contribution in [0.4, 0.5) is 5.69 Å². The number of hydrogen-bond donors (Lipinski definition) is 1. The number of amides is 1. The Morgan fingerprint density at radius 3 is 2.11 bits per heavy atom. The van der Waals surface area contributed by atoms with Gasteiger partial charge in [-0.15, -0.1) is 0 Å². The standard InChI is InChI=1S/C11H8Cl2N2O4/c1-6(16)14-10(11(13)17)9(12)7-2-4-8(5-3-7)15(18)19/h2-5H,1H3,(H,14,16)/b10-9+. The van der Waals surface area contributed by atoms with Crippen molar-refractivity contribution < 1.29 is 14.5 Å². The van der Waals surface area contributed by atoms with E-state index in [0.29, 0.717) is 5.56 Å². The molecule has 0 saturated carbocycles. The Bertz CT molecular complexity index is 567. The summed E-state index contributed by atoms with van der Waals surface area (Å²) in [4.78, 5) is 32.0. The third kappa shape index (κ3) is 4.04. The summed E-state index contributed by atoms with van der Waals surface area (Å²) >= 11 is 11.2. The zero-order chi connectivity index (χ0) is 14.6. The van der Waals surface area contributed by atoms with Crippen LogP contribution < -0.4 is 5.32 Å². The highest BCUT2D eigenvalue weighted by Gasteiger charge is 2.16. The van der Waals surface area contributed by atoms with E-state index in [4.69, 9.17) is 23.2 Å². The number of nitrogens with one attached hydrogen (secondary N) is 1. The average molecular weight is 303 g/mol. The Balaban J connectivity index is 3.20. The van der Waals surface area contributed by atoms with Crippen LogP contribution in [0.2, 0.25) is 0 Å². The molecule has 0 spiro atoms. The smallest absolute Gasteiger partial charge is 0.270 e. The minimum absolute atomic E-state index is 0.0925. The molecule has 0 fully saturated rings. The predicted molar refractivity (Wildman–Crippen MR) is 70.5 cm³/mol. The molecular weight excluding hydrogens is 295 g/mol. The number of nitrogens with zero attached hydrogens (tertiary/aromatic N) is 1. The van der Waals surface area contributed by atoms with Crippen molar-refractivity contribution in [2.45, 2.75) is 6.92 Å². The van der Waals surface area contributed by atoms with Gasteiger partial charge in [0.2, 0.25) is 5.91 Å². The summed E-state index contributed by atoms with van der Waals surface area (Å²) in [6, 6.07) is 5.15. The SMILES string of the molecule is CC(=O)N/C(C(=O)Cl)=C(/Cl)c1ccc([N+](=O)[O-])cc1. The molecule has 6 nitrogen and oxygen atoms in total. The van der Waals surface area contributed by atoms with Crippen molar-refractivity contribution in [3.63, 3.8) is 0 Å². The highest BCUT2D eigenvalue weighted by Crippen LogP contribution is 2.25. The maximum Gasteiger partial charge on any atom is 0.270 e. The molecule has 0 aromatic heterocycles. The molecule has 19 heavy (non-hydrogen) atoms. The van der Waals surface area contributed by atoms with Gasteiger partial charge in [-0.25, -0.2) is 0 Å². The molecule has 0 unspecified atom stereocenters. The van der Waals surface area contributed by atoms with Crippen LogP contribution in [0.1, 0.15) is 12.5 Å². The third-order valence-corrected chi connectivity index (χ3v) is 2.64. The van der Waals surface area contributed by atoms with Crippen LogP contribution >= 0.6 is 23.2 Å². The zero-order valence-corrected chi connectivity index (χ0v) is 11.2. The summed E-state index contributed by atoms with van der Waals surface area (Å²) in [6.45, 7) is 1.19. The number of halogens is 2. The quantitative estimate of drug-likeness (QED) is 0.400. The highest BCUT2D eigenvalue weighted by atomic mass is 35.5. The van der Waals surface area contributed by atoms with E-state index in [0.717, 1.165) is 0 Å². The zero-order valence-electron chi connectivity index (χ0n) is 9.65. The van der Waals surface area contributed by atoms with Gasteiger partial charge in [-0.2, -0.15) is 0 Å². The number of benzene rings is 1. The number of rotatable bonds is 4. The molecule has 8 heteroatoms. The second kappa shape index (κ2) is 6.31. The van der Waals surface area contributed by atoms with E-state index in [1.54, 1.807) is 0 Å². The van der Waals surface area contributed by atoms with Gasteiger partial charge < -0.3 is 5.32 Å². The molecule has 1 amide bonds. The van der Waals surface area contributed by atoms with Crippen molar-refractivity contribution in [2.75, 3.05) is 0 Å². The lowest BCUT2D eigenvalue weighted by molar-refractivity contribution is -0.384. The number of non-ortho nitro benzene ring substituents is 1. The summed E-state index contributed by atoms with van der Waals surface area (Å²) in [5.41, 5.74) is -0.0683. The van der Waals surface area contributed by atoms with Gasteiger partial charge in [0.1, 0.15) is 5.70 Å². The minimum atomic E-state index is -0.932. The first kappa shape index (κ1) is 15.1. The fraction of sp³-hybridized carbons (Fsp3) is 0.0909. The van der Waals surface area contributed by atoms with Crippen LogP contribution in [0.15, 0.2) is 30.0 Å². The van der Waals surface area contributed by atoms with Gasteiger partial charge in [0.15, 0.2) is 0 Å². The summed E-state index contributed by atoms with van der Waals surface area (Å²) in [6.07, 6.45) is 0. The molecule has 0 saturated heterocycles. The molecule has 0 aliphatic heterocycles. The fourth-order valence-electron chi connectivity index (χ4n) is 1.24. The van der Waals surface area contributed by atoms with E-state index in [1.165, 1.54) is 31.2 Å². The van der Waals surface area contributed by atoms with Crippen LogP contribution in [0.3, 0.4) is 0 Å². The van der Waals surface area contributed by atoms with Gasteiger partial charge in [0.25, 0.3) is 10.9 Å². The summed E-state index contributed by atoms with van der Waals surface area (Å²) in [7, 11) is 0. The van der Waals surface area contributed by atoms with Crippen molar-refractivity contribution in [3.05, 3.63) is 45.6 Å². The highest BCUT2D eigenvalue weighted by molar-refractivity contribution is 6.70. The fourth-order valence-corrected chi connectivity index (χ4v) is 1.69. The molecule has 0 bridgehead atoms. The predicted octanol–water partition coefficient (Wildman–Crippen LogP) is 2.40. The van der Waals surface area contributed by atoms with Crippen LogP contribution in [-0.4, -0.2) is 16.1 Å². The molecule has 1 aromatic rings. The first-order chi connectivity index (χ1) is 8.82. The van der Waals surface area contributed by atoms with Gasteiger partial charge in [-0.3, -0.25) is 19.7 Å². The minimum Gasteiger partial charge on any atom is -0.321 e. The number of nitro groups is 1. The number of carbonyl (C=O) groups is 2. The largest absolute Gasteiger partial charge is 0.321 e. The second-order valence-corrected chi connectivity index (χ2v) is 4.17. The van der Waals surface area contributed by atoms with E-state index < -0.39 is 16.1 Å². The lowest BCUT2D eigenvalue weighted by Gasteiger charge is -2.07. The maximum absolute atomic E-state index is 11.2. The summed E-state index contributed by atoms with van der Waals surface area (Å²) in [5.74, 6) is -0.510. The molecule has 1 aromatic carbocycles. The van der Waals surface area contributed by atoms with Crippen LogP contribution in [0.5, 0.6) is 0 Å². The van der Waals surface area contributed by atoms with Gasteiger partial charge >= 0.3 is 0 Å². The van der Waals surface area contributed by atoms with E-state index in [2.05, 4.69) is 5.32 Å². The van der Waals surface area contributed by atoms with Gasteiger partial charge in [0, 0.05) is 19.1 Å². The van der Waals surface area contributed by atoms with Crippen molar-refractivity contribution in [1.82, 2.24) is 5.32 Å². The van der Waals surface area contributed by atoms with Crippen molar-refractivity contribution in [3.8, 4) is 0 Å². The van der Waals surface area contributed by atoms with Crippen molar-refractivity contribution in [1.29, 1.82) is 0 Å². The van der Waals surface area contributed by atoms with E-state index in [-0.39, 0.29) is 16.4 Å².